The first-order valence-electron chi connectivity index (χ1n) is 14.5. The molecular weight excluding hydrogens is 484 g/mol. The molecule has 0 heterocycles. The van der Waals surface area contributed by atoms with Gasteiger partial charge in [0.1, 0.15) is 0 Å². The van der Waals surface area contributed by atoms with E-state index in [1.165, 1.54) is 44.2 Å². The second-order valence-electron chi connectivity index (χ2n) is 10.6. The van der Waals surface area contributed by atoms with Gasteiger partial charge in [0.2, 0.25) is 0 Å². The topological polar surface area (TPSA) is 47.7 Å². The molecule has 3 aromatic rings. The molecule has 0 radical (unpaired) electrons. The van der Waals surface area contributed by atoms with Gasteiger partial charge in [0.05, 0.1) is 0 Å². The van der Waals surface area contributed by atoms with Crippen molar-refractivity contribution < 1.29 is 0 Å². The lowest BCUT2D eigenvalue weighted by molar-refractivity contribution is 0.919. The molecule has 0 aromatic heterocycles. The van der Waals surface area contributed by atoms with E-state index in [9.17, 15) is 0 Å². The quantitative estimate of drug-likeness (QED) is 0.219. The number of rotatable bonds is 12. The van der Waals surface area contributed by atoms with Crippen LogP contribution < -0.4 is 10.4 Å². The van der Waals surface area contributed by atoms with Crippen molar-refractivity contribution in [2.45, 2.75) is 79.6 Å². The van der Waals surface area contributed by atoms with Crippen molar-refractivity contribution in [2.75, 3.05) is 0 Å². The van der Waals surface area contributed by atoms with E-state index in [2.05, 4.69) is 101 Å². The maximum atomic E-state index is 7.23. The number of aryl methyl sites for hydroxylation is 5. The molecule has 0 unspecified atom stereocenters. The van der Waals surface area contributed by atoms with Gasteiger partial charge >= 0.3 is 0 Å². The zero-order chi connectivity index (χ0) is 29.5. The highest BCUT2D eigenvalue weighted by Crippen LogP contribution is 2.21. The van der Waals surface area contributed by atoms with E-state index >= 15 is 0 Å². The third-order valence-corrected chi connectivity index (χ3v) is 7.19. The summed E-state index contributed by atoms with van der Waals surface area (Å²) in [6.07, 6.45) is 12.8. The fourth-order valence-electron chi connectivity index (χ4n) is 4.65. The van der Waals surface area contributed by atoms with Gasteiger partial charge in [-0.25, -0.2) is 0 Å². The van der Waals surface area contributed by atoms with Crippen LogP contribution in [-0.2, 0) is 19.3 Å². The molecule has 3 rings (SSSR count). The summed E-state index contributed by atoms with van der Waals surface area (Å²) in [4.78, 5) is 0. The Bertz CT molecular complexity index is 1420. The number of allylic oxidation sites excluding steroid dienone is 2. The standard InChI is InChI=1S/C31H34.C7H14N2/c1-6-31-26(5)20-24(3)21-30(31)19-17-28-12-9-11-27(22-28)16-14-23(2)15-18-29-13-8-7-10-25(29)4;1-3-6(8)5-7(9)4-2/h6-13,15,18,20-22H,1,4,14,16-17,19H2,2-3,5H3;8-9H,3-5H2,1-2H3/b23-15+,29-18-;. The number of hydrogen-bond acceptors (Lipinski definition) is 2. The largest absolute Gasteiger partial charge is 0.309 e. The normalized spacial score (nSPS) is 11.5. The van der Waals surface area contributed by atoms with Gasteiger partial charge in [-0.1, -0.05) is 117 Å². The molecule has 3 aromatic carbocycles. The number of nitrogens with one attached hydrogen (secondary N) is 2. The lowest BCUT2D eigenvalue weighted by atomic mass is 9.93. The molecule has 0 saturated heterocycles. The summed E-state index contributed by atoms with van der Waals surface area (Å²) in [5.74, 6) is 0. The molecular formula is C38H48N2. The lowest BCUT2D eigenvalue weighted by Gasteiger charge is -2.12. The van der Waals surface area contributed by atoms with Crippen molar-refractivity contribution in [2.24, 2.45) is 0 Å². The molecule has 2 heteroatoms. The van der Waals surface area contributed by atoms with E-state index in [-0.39, 0.29) is 0 Å². The molecule has 2 N–H and O–H groups in total. The Morgan fingerprint density at radius 2 is 1.48 bits per heavy atom. The zero-order valence-corrected chi connectivity index (χ0v) is 25.4. The summed E-state index contributed by atoms with van der Waals surface area (Å²) in [5.41, 5.74) is 10.9. The van der Waals surface area contributed by atoms with Crippen LogP contribution in [0.3, 0.4) is 0 Å². The molecule has 0 aliphatic rings. The van der Waals surface area contributed by atoms with Crippen molar-refractivity contribution >= 4 is 30.2 Å². The summed E-state index contributed by atoms with van der Waals surface area (Å²) in [6, 6.07) is 21.9. The fraction of sp³-hybridized carbons (Fsp3) is 0.316. The van der Waals surface area contributed by atoms with Crippen LogP contribution in [0.15, 0.2) is 78.9 Å². The van der Waals surface area contributed by atoms with Crippen LogP contribution in [0.2, 0.25) is 0 Å². The van der Waals surface area contributed by atoms with Crippen molar-refractivity contribution in [3.63, 3.8) is 0 Å². The van der Waals surface area contributed by atoms with Crippen molar-refractivity contribution in [1.82, 2.24) is 0 Å². The highest BCUT2D eigenvalue weighted by molar-refractivity contribution is 6.01. The first-order valence-corrected chi connectivity index (χ1v) is 14.5. The van der Waals surface area contributed by atoms with E-state index in [0.717, 1.165) is 43.7 Å². The minimum Gasteiger partial charge on any atom is -0.309 e. The van der Waals surface area contributed by atoms with Gasteiger partial charge in [0.15, 0.2) is 0 Å². The van der Waals surface area contributed by atoms with Crippen LogP contribution in [-0.4, -0.2) is 11.4 Å². The predicted octanol–water partition coefficient (Wildman–Crippen LogP) is 8.74. The minimum absolute atomic E-state index is 0.576. The van der Waals surface area contributed by atoms with Crippen molar-refractivity contribution in [1.29, 1.82) is 10.8 Å². The van der Waals surface area contributed by atoms with Gasteiger partial charge in [0, 0.05) is 17.8 Å². The molecule has 210 valence electrons. The Hall–Kier alpha value is -3.78. The van der Waals surface area contributed by atoms with E-state index in [1.807, 2.05) is 26.0 Å². The monoisotopic (exact) mass is 532 g/mol. The number of hydrogen-bond donors (Lipinski definition) is 2. The summed E-state index contributed by atoms with van der Waals surface area (Å²) in [5, 5.41) is 16.7. The first-order chi connectivity index (χ1) is 19.2. The Morgan fingerprint density at radius 1 is 0.825 bits per heavy atom. The summed E-state index contributed by atoms with van der Waals surface area (Å²) >= 11 is 0. The van der Waals surface area contributed by atoms with Gasteiger partial charge in [-0.2, -0.15) is 0 Å². The second kappa shape index (κ2) is 17.0. The van der Waals surface area contributed by atoms with Crippen LogP contribution in [0.1, 0.15) is 79.8 Å². The predicted molar refractivity (Wildman–Crippen MR) is 178 cm³/mol. The number of benzene rings is 3. The first kappa shape index (κ1) is 32.4. The van der Waals surface area contributed by atoms with E-state index in [0.29, 0.717) is 17.8 Å². The van der Waals surface area contributed by atoms with E-state index in [4.69, 9.17) is 10.8 Å². The molecule has 0 atom stereocenters. The van der Waals surface area contributed by atoms with E-state index < -0.39 is 0 Å². The van der Waals surface area contributed by atoms with Crippen LogP contribution in [0.25, 0.3) is 18.7 Å². The van der Waals surface area contributed by atoms with Gasteiger partial charge in [0.25, 0.3) is 0 Å². The molecule has 0 aliphatic carbocycles. The maximum absolute atomic E-state index is 7.23. The highest BCUT2D eigenvalue weighted by Gasteiger charge is 2.06. The van der Waals surface area contributed by atoms with Crippen LogP contribution in [0.4, 0.5) is 0 Å². The molecule has 0 saturated carbocycles. The summed E-state index contributed by atoms with van der Waals surface area (Å²) in [7, 11) is 0. The third-order valence-electron chi connectivity index (χ3n) is 7.19. The van der Waals surface area contributed by atoms with Crippen LogP contribution >= 0.6 is 0 Å². The Labute approximate surface area is 242 Å². The SMILES string of the molecule is C=Cc1c(C)cc(C)cc1CCc1cccc(CC/C(C)=C/C=c2/ccccc2=C)c1.CCC(=N)CC(=N)CC. The second-order valence-corrected chi connectivity index (χ2v) is 10.6. The van der Waals surface area contributed by atoms with Crippen LogP contribution in [0, 0.1) is 24.7 Å². The maximum Gasteiger partial charge on any atom is 0.0229 e. The smallest absolute Gasteiger partial charge is 0.0229 e. The minimum atomic E-state index is 0.576. The molecule has 0 fully saturated rings. The average Bonchev–Trinajstić information content (AvgIpc) is 2.94. The van der Waals surface area contributed by atoms with Gasteiger partial charge in [-0.05, 0) is 97.6 Å². The molecule has 0 amide bonds. The Balaban J connectivity index is 0.000000536. The summed E-state index contributed by atoms with van der Waals surface area (Å²) < 4.78 is 0. The van der Waals surface area contributed by atoms with Crippen molar-refractivity contribution in [3.05, 3.63) is 123 Å². The Morgan fingerprint density at radius 3 is 2.10 bits per heavy atom. The highest BCUT2D eigenvalue weighted by atomic mass is 14.5. The van der Waals surface area contributed by atoms with Crippen molar-refractivity contribution in [3.8, 4) is 0 Å². The zero-order valence-electron chi connectivity index (χ0n) is 25.4. The van der Waals surface area contributed by atoms with Crippen LogP contribution in [0.5, 0.6) is 0 Å². The molecule has 2 nitrogen and oxygen atoms in total. The lowest BCUT2D eigenvalue weighted by Crippen LogP contribution is -2.21. The fourth-order valence-corrected chi connectivity index (χ4v) is 4.65. The van der Waals surface area contributed by atoms with Gasteiger partial charge < -0.3 is 10.8 Å². The summed E-state index contributed by atoms with van der Waals surface area (Å²) in [6.45, 7) is 18.6. The van der Waals surface area contributed by atoms with Gasteiger partial charge in [-0.15, -0.1) is 0 Å². The molecule has 0 bridgehead atoms. The van der Waals surface area contributed by atoms with Gasteiger partial charge in [-0.3, -0.25) is 0 Å². The third kappa shape index (κ3) is 11.1. The average molecular weight is 533 g/mol. The molecule has 40 heavy (non-hydrogen) atoms. The molecule has 0 spiro atoms. The van der Waals surface area contributed by atoms with E-state index in [1.54, 1.807) is 0 Å². The Kier molecular flexibility index (Phi) is 13.8. The molecule has 0 aliphatic heterocycles.